The maximum atomic E-state index is 11.0. The van der Waals surface area contributed by atoms with Gasteiger partial charge in [-0.3, -0.25) is 4.79 Å². The van der Waals surface area contributed by atoms with Crippen molar-refractivity contribution >= 4 is 22.3 Å². The Labute approximate surface area is 107 Å². The van der Waals surface area contributed by atoms with Crippen molar-refractivity contribution < 1.29 is 4.79 Å². The molecule has 2 rings (SSSR count). The highest BCUT2D eigenvalue weighted by molar-refractivity contribution is 5.93. The highest BCUT2D eigenvalue weighted by atomic mass is 16.1. The van der Waals surface area contributed by atoms with Gasteiger partial charge in [-0.05, 0) is 44.1 Å². The molecule has 2 aromatic rings. The van der Waals surface area contributed by atoms with E-state index in [1.54, 1.807) is 13.0 Å². The molecule has 0 radical (unpaired) electrons. The molecular formula is C16H17NO. The number of fused-ring (bicyclic) bond motifs is 1. The van der Waals surface area contributed by atoms with E-state index in [9.17, 15) is 4.79 Å². The van der Waals surface area contributed by atoms with E-state index in [1.165, 1.54) is 16.5 Å². The quantitative estimate of drug-likeness (QED) is 0.634. The number of carbonyl (C=O) groups is 1. The molecule has 92 valence electrons. The predicted molar refractivity (Wildman–Crippen MR) is 76.4 cm³/mol. The second kappa shape index (κ2) is 5.05. The monoisotopic (exact) mass is 239 g/mol. The number of H-pyrrole nitrogens is 1. The van der Waals surface area contributed by atoms with E-state index in [1.807, 2.05) is 31.3 Å². The Balaban J connectivity index is 2.47. The molecule has 0 aliphatic heterocycles. The largest absolute Gasteiger partial charge is 0.361 e. The molecule has 0 bridgehead atoms. The molecule has 2 nitrogen and oxygen atoms in total. The second-order valence-electron chi connectivity index (χ2n) is 4.50. The molecule has 1 N–H and O–H groups in total. The lowest BCUT2D eigenvalue weighted by Gasteiger charge is -2.03. The number of ketones is 1. The zero-order chi connectivity index (χ0) is 13.1. The highest BCUT2D eigenvalue weighted by Crippen LogP contribution is 2.26. The fourth-order valence-corrected chi connectivity index (χ4v) is 1.96. The van der Waals surface area contributed by atoms with Crippen molar-refractivity contribution in [2.75, 3.05) is 0 Å². The van der Waals surface area contributed by atoms with Crippen LogP contribution in [0.3, 0.4) is 0 Å². The molecule has 2 heteroatoms. The smallest absolute Gasteiger partial charge is 0.152 e. The number of benzene rings is 1. The summed E-state index contributed by atoms with van der Waals surface area (Å²) in [6.45, 7) is 5.66. The Morgan fingerprint density at radius 1 is 1.11 bits per heavy atom. The molecule has 0 unspecified atom stereocenters. The normalized spacial score (nSPS) is 13.1. The summed E-state index contributed by atoms with van der Waals surface area (Å²) in [5.74, 6) is 0.0704. The first-order valence-electron chi connectivity index (χ1n) is 6.02. The van der Waals surface area contributed by atoms with Crippen molar-refractivity contribution in [1.29, 1.82) is 0 Å². The van der Waals surface area contributed by atoms with E-state index < -0.39 is 0 Å². The summed E-state index contributed by atoms with van der Waals surface area (Å²) in [6.07, 6.45) is 5.50. The van der Waals surface area contributed by atoms with Gasteiger partial charge in [-0.25, -0.2) is 0 Å². The number of hydrogen-bond donors (Lipinski definition) is 1. The van der Waals surface area contributed by atoms with Gasteiger partial charge in [0.15, 0.2) is 5.78 Å². The molecule has 0 atom stereocenters. The Morgan fingerprint density at radius 3 is 2.56 bits per heavy atom. The Morgan fingerprint density at radius 2 is 1.83 bits per heavy atom. The topological polar surface area (TPSA) is 32.9 Å². The standard InChI is InChI=1S/C16H17NO/c1-11(8-9-12(2)18)13(3)15-10-17-16-7-5-4-6-14(15)16/h4-10,17H,1-3H3/b9-8+,13-11+. The number of allylic oxidation sites excluding steroid dienone is 4. The van der Waals surface area contributed by atoms with Gasteiger partial charge >= 0.3 is 0 Å². The van der Waals surface area contributed by atoms with E-state index >= 15 is 0 Å². The van der Waals surface area contributed by atoms with E-state index in [-0.39, 0.29) is 5.78 Å². The van der Waals surface area contributed by atoms with Gasteiger partial charge in [0.05, 0.1) is 0 Å². The first-order valence-corrected chi connectivity index (χ1v) is 6.02. The van der Waals surface area contributed by atoms with Crippen LogP contribution in [0.15, 0.2) is 48.2 Å². The van der Waals surface area contributed by atoms with Crippen LogP contribution >= 0.6 is 0 Å². The number of nitrogens with one attached hydrogen (secondary N) is 1. The fourth-order valence-electron chi connectivity index (χ4n) is 1.96. The van der Waals surface area contributed by atoms with E-state index in [4.69, 9.17) is 0 Å². The van der Waals surface area contributed by atoms with Crippen LogP contribution in [-0.4, -0.2) is 10.8 Å². The van der Waals surface area contributed by atoms with Crippen molar-refractivity contribution in [2.45, 2.75) is 20.8 Å². The van der Waals surface area contributed by atoms with Crippen LogP contribution in [0.4, 0.5) is 0 Å². The first-order chi connectivity index (χ1) is 8.59. The lowest BCUT2D eigenvalue weighted by Crippen LogP contribution is -1.84. The van der Waals surface area contributed by atoms with Crippen molar-refractivity contribution in [1.82, 2.24) is 4.98 Å². The van der Waals surface area contributed by atoms with Gasteiger partial charge < -0.3 is 4.98 Å². The van der Waals surface area contributed by atoms with Gasteiger partial charge in [0.25, 0.3) is 0 Å². The predicted octanol–water partition coefficient (Wildman–Crippen LogP) is 4.11. The molecule has 0 fully saturated rings. The van der Waals surface area contributed by atoms with Crippen LogP contribution in [0.1, 0.15) is 26.3 Å². The van der Waals surface area contributed by atoms with Crippen molar-refractivity contribution in [3.05, 3.63) is 53.8 Å². The van der Waals surface area contributed by atoms with Crippen molar-refractivity contribution in [2.24, 2.45) is 0 Å². The maximum Gasteiger partial charge on any atom is 0.152 e. The summed E-state index contributed by atoms with van der Waals surface area (Å²) in [5, 5.41) is 1.21. The molecule has 1 aromatic carbocycles. The zero-order valence-corrected chi connectivity index (χ0v) is 10.9. The van der Waals surface area contributed by atoms with Gasteiger partial charge in [0, 0.05) is 22.7 Å². The van der Waals surface area contributed by atoms with Gasteiger partial charge in [-0.1, -0.05) is 24.3 Å². The minimum Gasteiger partial charge on any atom is -0.361 e. The van der Waals surface area contributed by atoms with Gasteiger partial charge in [0.1, 0.15) is 0 Å². The molecule has 1 heterocycles. The van der Waals surface area contributed by atoms with E-state index in [0.717, 1.165) is 11.1 Å². The lowest BCUT2D eigenvalue weighted by atomic mass is 10.0. The summed E-state index contributed by atoms with van der Waals surface area (Å²) >= 11 is 0. The molecule has 0 spiro atoms. The molecule has 0 aliphatic rings. The SMILES string of the molecule is CC(=O)/C=C/C(C)=C(\C)c1c[nH]c2ccccc12. The number of hydrogen-bond acceptors (Lipinski definition) is 1. The molecule has 0 aliphatic carbocycles. The third-order valence-corrected chi connectivity index (χ3v) is 3.15. The minimum atomic E-state index is 0.0704. The van der Waals surface area contributed by atoms with Crippen LogP contribution in [0.5, 0.6) is 0 Å². The Hall–Kier alpha value is -2.09. The van der Waals surface area contributed by atoms with Crippen LogP contribution < -0.4 is 0 Å². The summed E-state index contributed by atoms with van der Waals surface area (Å²) in [4.78, 5) is 14.2. The van der Waals surface area contributed by atoms with Gasteiger partial charge in [-0.15, -0.1) is 0 Å². The fraction of sp³-hybridized carbons (Fsp3) is 0.188. The summed E-state index contributed by atoms with van der Waals surface area (Å²) in [7, 11) is 0. The van der Waals surface area contributed by atoms with Crippen LogP contribution in [0.25, 0.3) is 16.5 Å². The zero-order valence-electron chi connectivity index (χ0n) is 10.9. The average Bonchev–Trinajstić information content (AvgIpc) is 2.78. The molecule has 1 aromatic heterocycles. The highest BCUT2D eigenvalue weighted by Gasteiger charge is 2.05. The molecular weight excluding hydrogens is 222 g/mol. The lowest BCUT2D eigenvalue weighted by molar-refractivity contribution is -0.112. The Kier molecular flexibility index (Phi) is 3.47. The number of aromatic amines is 1. The first kappa shape index (κ1) is 12.4. The number of aromatic nitrogens is 1. The van der Waals surface area contributed by atoms with E-state index in [0.29, 0.717) is 0 Å². The molecule has 0 saturated carbocycles. The third-order valence-electron chi connectivity index (χ3n) is 3.15. The maximum absolute atomic E-state index is 11.0. The average molecular weight is 239 g/mol. The van der Waals surface area contributed by atoms with Crippen molar-refractivity contribution in [3.63, 3.8) is 0 Å². The number of rotatable bonds is 3. The van der Waals surface area contributed by atoms with Gasteiger partial charge in [-0.2, -0.15) is 0 Å². The Bertz CT molecular complexity index is 644. The molecule has 0 amide bonds. The third kappa shape index (κ3) is 2.43. The summed E-state index contributed by atoms with van der Waals surface area (Å²) in [6, 6.07) is 8.22. The van der Waals surface area contributed by atoms with Crippen molar-refractivity contribution in [3.8, 4) is 0 Å². The molecule has 0 saturated heterocycles. The van der Waals surface area contributed by atoms with E-state index in [2.05, 4.69) is 24.0 Å². The number of carbonyl (C=O) groups excluding carboxylic acids is 1. The van der Waals surface area contributed by atoms with Gasteiger partial charge in [0.2, 0.25) is 0 Å². The second-order valence-corrected chi connectivity index (χ2v) is 4.50. The van der Waals surface area contributed by atoms with Crippen LogP contribution in [0, 0.1) is 0 Å². The number of para-hydroxylation sites is 1. The summed E-state index contributed by atoms with van der Waals surface area (Å²) < 4.78 is 0. The summed E-state index contributed by atoms with van der Waals surface area (Å²) in [5.41, 5.74) is 4.62. The van der Waals surface area contributed by atoms with Crippen LogP contribution in [0.2, 0.25) is 0 Å². The van der Waals surface area contributed by atoms with Crippen LogP contribution in [-0.2, 0) is 4.79 Å². The molecule has 18 heavy (non-hydrogen) atoms. The minimum absolute atomic E-state index is 0.0704.